The van der Waals surface area contributed by atoms with E-state index in [9.17, 15) is 0 Å². The van der Waals surface area contributed by atoms with Gasteiger partial charge >= 0.3 is 6.01 Å². The van der Waals surface area contributed by atoms with Crippen LogP contribution in [-0.4, -0.2) is 15.1 Å². The highest BCUT2D eigenvalue weighted by molar-refractivity contribution is 7.80. The summed E-state index contributed by atoms with van der Waals surface area (Å²) in [5.74, 6) is 0. The number of aromatic nitrogens is 2. The van der Waals surface area contributed by atoms with E-state index in [4.69, 9.17) is 16.6 Å². The van der Waals surface area contributed by atoms with E-state index < -0.39 is 0 Å². The number of oxazole rings is 1. The van der Waals surface area contributed by atoms with Crippen LogP contribution in [0.25, 0.3) is 0 Å². The van der Waals surface area contributed by atoms with Gasteiger partial charge in [-0.25, -0.2) is 4.98 Å². The van der Waals surface area contributed by atoms with Crippen LogP contribution in [0.15, 0.2) is 89.9 Å². The number of rotatable bonds is 6. The van der Waals surface area contributed by atoms with E-state index in [2.05, 4.69) is 32.7 Å². The minimum atomic E-state index is 0.478. The molecule has 0 fully saturated rings. The van der Waals surface area contributed by atoms with Crippen LogP contribution in [0, 0.1) is 6.92 Å². The molecule has 4 aromatic rings. The van der Waals surface area contributed by atoms with Crippen molar-refractivity contribution in [2.24, 2.45) is 0 Å². The number of hydrogen-bond donors (Lipinski definition) is 2. The first-order valence-corrected chi connectivity index (χ1v) is 9.90. The third-order valence-corrected chi connectivity index (χ3v) is 4.78. The molecule has 0 unspecified atom stereocenters. The van der Waals surface area contributed by atoms with Gasteiger partial charge in [-0.3, -0.25) is 9.88 Å². The van der Waals surface area contributed by atoms with E-state index in [0.717, 1.165) is 22.6 Å². The van der Waals surface area contributed by atoms with E-state index in [-0.39, 0.29) is 0 Å². The van der Waals surface area contributed by atoms with Gasteiger partial charge in [0.15, 0.2) is 5.11 Å². The minimum Gasteiger partial charge on any atom is -0.432 e. The largest absolute Gasteiger partial charge is 0.432 e. The minimum absolute atomic E-state index is 0.478. The molecular weight excluding hydrogens is 394 g/mol. The molecule has 0 atom stereocenters. The molecule has 0 amide bonds. The number of benzene rings is 2. The third kappa shape index (κ3) is 4.64. The highest BCUT2D eigenvalue weighted by Gasteiger charge is 2.18. The molecule has 0 saturated heterocycles. The van der Waals surface area contributed by atoms with Gasteiger partial charge < -0.3 is 15.1 Å². The molecule has 0 radical (unpaired) electrons. The van der Waals surface area contributed by atoms with Gasteiger partial charge in [-0.15, -0.1) is 0 Å². The summed E-state index contributed by atoms with van der Waals surface area (Å²) in [6.07, 6.45) is 6.67. The Morgan fingerprint density at radius 3 is 2.57 bits per heavy atom. The van der Waals surface area contributed by atoms with Crippen LogP contribution in [0.4, 0.5) is 23.1 Å². The molecule has 2 aromatic carbocycles. The van der Waals surface area contributed by atoms with Crippen LogP contribution in [0.2, 0.25) is 0 Å². The predicted molar refractivity (Wildman–Crippen MR) is 123 cm³/mol. The van der Waals surface area contributed by atoms with Crippen molar-refractivity contribution in [3.8, 4) is 0 Å². The molecule has 2 heterocycles. The van der Waals surface area contributed by atoms with Crippen LogP contribution in [0.1, 0.15) is 11.1 Å². The summed E-state index contributed by atoms with van der Waals surface area (Å²) in [6, 6.07) is 20.5. The Morgan fingerprint density at radius 1 is 1.03 bits per heavy atom. The average Bonchev–Trinajstić information content (AvgIpc) is 3.30. The maximum atomic E-state index is 5.60. The summed E-state index contributed by atoms with van der Waals surface area (Å²) >= 11 is 5.48. The first-order valence-electron chi connectivity index (χ1n) is 9.50. The van der Waals surface area contributed by atoms with Gasteiger partial charge in [-0.05, 0) is 54.5 Å². The number of nitrogens with one attached hydrogen (secondary N) is 2. The second-order valence-electron chi connectivity index (χ2n) is 6.65. The number of aryl methyl sites for hydroxylation is 1. The Morgan fingerprint density at radius 2 is 1.83 bits per heavy atom. The lowest BCUT2D eigenvalue weighted by molar-refractivity contribution is 0.565. The average molecular weight is 416 g/mol. The van der Waals surface area contributed by atoms with Crippen LogP contribution in [-0.2, 0) is 6.54 Å². The summed E-state index contributed by atoms with van der Waals surface area (Å²) in [5.41, 5.74) is 4.93. The summed E-state index contributed by atoms with van der Waals surface area (Å²) in [6.45, 7) is 2.70. The van der Waals surface area contributed by atoms with Crippen molar-refractivity contribution in [2.75, 3.05) is 10.2 Å². The summed E-state index contributed by atoms with van der Waals surface area (Å²) in [7, 11) is 0. The van der Waals surface area contributed by atoms with Gasteiger partial charge in [0.25, 0.3) is 0 Å². The number of nitrogens with zero attached hydrogens (tertiary/aromatic N) is 3. The molecule has 150 valence electrons. The highest BCUT2D eigenvalue weighted by Crippen LogP contribution is 2.36. The number of anilines is 4. The summed E-state index contributed by atoms with van der Waals surface area (Å²) in [4.78, 5) is 10.4. The quantitative estimate of drug-likeness (QED) is 0.412. The Kier molecular flexibility index (Phi) is 6.01. The van der Waals surface area contributed by atoms with Gasteiger partial charge in [-0.2, -0.15) is 0 Å². The molecule has 7 heteroatoms. The van der Waals surface area contributed by atoms with Gasteiger partial charge in [0.2, 0.25) is 0 Å². The van der Waals surface area contributed by atoms with Crippen LogP contribution in [0.5, 0.6) is 0 Å². The molecule has 2 aromatic heterocycles. The molecule has 6 nitrogen and oxygen atoms in total. The molecule has 0 aliphatic carbocycles. The zero-order valence-electron chi connectivity index (χ0n) is 16.4. The van der Waals surface area contributed by atoms with Crippen LogP contribution >= 0.6 is 12.2 Å². The molecule has 2 N–H and O–H groups in total. The zero-order valence-corrected chi connectivity index (χ0v) is 17.3. The molecule has 0 saturated carbocycles. The molecule has 4 rings (SSSR count). The predicted octanol–water partition coefficient (Wildman–Crippen LogP) is 5.33. The Balaban J connectivity index is 1.56. The fourth-order valence-corrected chi connectivity index (χ4v) is 3.24. The Labute approximate surface area is 180 Å². The summed E-state index contributed by atoms with van der Waals surface area (Å²) < 4.78 is 5.60. The van der Waals surface area contributed by atoms with Crippen LogP contribution in [0.3, 0.4) is 0 Å². The fourth-order valence-electron chi connectivity index (χ4n) is 3.05. The number of thiocarbonyl (C=S) groups is 1. The standard InChI is InChI=1S/C23H21N5OS/c1-17-7-8-19(27-22(30)26-16-18-5-3-2-4-6-18)15-21(17)28(23-25-13-14-29-23)20-9-11-24-12-10-20/h2-15H,16H2,1H3,(H2,26,27,30). The van der Waals surface area contributed by atoms with Gasteiger partial charge in [0.1, 0.15) is 6.26 Å². The van der Waals surface area contributed by atoms with Crippen LogP contribution < -0.4 is 15.5 Å². The van der Waals surface area contributed by atoms with E-state index in [1.54, 1.807) is 24.9 Å². The Bertz CT molecular complexity index is 1100. The smallest absolute Gasteiger partial charge is 0.306 e. The first-order chi connectivity index (χ1) is 14.7. The lowest BCUT2D eigenvalue weighted by atomic mass is 10.1. The van der Waals surface area contributed by atoms with Gasteiger partial charge in [0.05, 0.1) is 17.6 Å². The molecule has 0 spiro atoms. The lowest BCUT2D eigenvalue weighted by Gasteiger charge is -2.23. The SMILES string of the molecule is Cc1ccc(NC(=S)NCc2ccccc2)cc1N(c1ccncc1)c1ncco1. The first kappa shape index (κ1) is 19.6. The molecule has 30 heavy (non-hydrogen) atoms. The molecule has 0 aliphatic rings. The van der Waals surface area contributed by atoms with Crippen molar-refractivity contribution in [3.05, 3.63) is 96.6 Å². The van der Waals surface area contributed by atoms with Crippen molar-refractivity contribution in [1.82, 2.24) is 15.3 Å². The van der Waals surface area contributed by atoms with Gasteiger partial charge in [0, 0.05) is 24.6 Å². The van der Waals surface area contributed by atoms with Crippen molar-refractivity contribution in [3.63, 3.8) is 0 Å². The maximum absolute atomic E-state index is 5.60. The summed E-state index contributed by atoms with van der Waals surface area (Å²) in [5, 5.41) is 7.06. The normalized spacial score (nSPS) is 10.4. The third-order valence-electron chi connectivity index (χ3n) is 4.54. The molecular formula is C23H21N5OS. The Hall–Kier alpha value is -3.71. The second-order valence-corrected chi connectivity index (χ2v) is 7.06. The number of hydrogen-bond acceptors (Lipinski definition) is 5. The topological polar surface area (TPSA) is 66.2 Å². The van der Waals surface area contributed by atoms with Gasteiger partial charge in [-0.1, -0.05) is 36.4 Å². The van der Waals surface area contributed by atoms with E-state index in [1.165, 1.54) is 5.56 Å². The van der Waals surface area contributed by atoms with Crippen molar-refractivity contribution in [1.29, 1.82) is 0 Å². The monoisotopic (exact) mass is 415 g/mol. The van der Waals surface area contributed by atoms with E-state index in [0.29, 0.717) is 17.7 Å². The number of pyridine rings is 1. The van der Waals surface area contributed by atoms with Crippen molar-refractivity contribution < 1.29 is 4.42 Å². The van der Waals surface area contributed by atoms with Crippen molar-refractivity contribution in [2.45, 2.75) is 13.5 Å². The molecule has 0 bridgehead atoms. The fraction of sp³-hybridized carbons (Fsp3) is 0.0870. The van der Waals surface area contributed by atoms with Crippen molar-refractivity contribution >= 4 is 40.4 Å². The lowest BCUT2D eigenvalue weighted by Crippen LogP contribution is -2.28. The van der Waals surface area contributed by atoms with E-state index >= 15 is 0 Å². The zero-order chi connectivity index (χ0) is 20.8. The van der Waals surface area contributed by atoms with E-state index in [1.807, 2.05) is 60.4 Å². The maximum Gasteiger partial charge on any atom is 0.306 e. The highest BCUT2D eigenvalue weighted by atomic mass is 32.1. The second kappa shape index (κ2) is 9.19. The molecule has 0 aliphatic heterocycles.